The number of aliphatic carboxylic acids is 1. The molecule has 0 amide bonds. The van der Waals surface area contributed by atoms with E-state index in [4.69, 9.17) is 21.7 Å². The molecule has 0 atom stereocenters. The van der Waals surface area contributed by atoms with E-state index in [-0.39, 0.29) is 6.42 Å². The Morgan fingerprint density at radius 1 is 1.00 bits per heavy atom. The fourth-order valence-corrected chi connectivity index (χ4v) is 5.79. The van der Waals surface area contributed by atoms with Gasteiger partial charge in [0.1, 0.15) is 5.01 Å². The largest absolute Gasteiger partial charge is 0.481 e. The first-order valence-corrected chi connectivity index (χ1v) is 14.8. The quantitative estimate of drug-likeness (QED) is 0.190. The van der Waals surface area contributed by atoms with E-state index in [0.29, 0.717) is 10.7 Å². The summed E-state index contributed by atoms with van der Waals surface area (Å²) in [6, 6.07) is 15.4. The van der Waals surface area contributed by atoms with Crippen LogP contribution in [0.1, 0.15) is 31.9 Å². The van der Waals surface area contributed by atoms with Crippen molar-refractivity contribution in [3.05, 3.63) is 83.4 Å². The molecule has 0 aliphatic heterocycles. The van der Waals surface area contributed by atoms with Gasteiger partial charge in [0.2, 0.25) is 0 Å². The van der Waals surface area contributed by atoms with Crippen molar-refractivity contribution in [3.8, 4) is 45.8 Å². The highest BCUT2D eigenvalue weighted by molar-refractivity contribution is 7.22. The van der Waals surface area contributed by atoms with Crippen LogP contribution in [0.25, 0.3) is 54.3 Å². The highest BCUT2D eigenvalue weighted by Crippen LogP contribution is 2.41. The zero-order valence-corrected chi connectivity index (χ0v) is 26.6. The molecule has 44 heavy (non-hydrogen) atoms. The Labute approximate surface area is 265 Å². The van der Waals surface area contributed by atoms with Crippen molar-refractivity contribution in [1.29, 1.82) is 0 Å². The third-order valence-corrected chi connectivity index (χ3v) is 7.75. The van der Waals surface area contributed by atoms with Gasteiger partial charge in [-0.1, -0.05) is 23.7 Å². The van der Waals surface area contributed by atoms with Gasteiger partial charge in [0.15, 0.2) is 5.65 Å². The van der Waals surface area contributed by atoms with Crippen molar-refractivity contribution in [1.82, 2.24) is 24.5 Å². The molecule has 4 heterocycles. The normalized spacial score (nSPS) is 11.0. The maximum Gasteiger partial charge on any atom is 0.307 e. The third-order valence-electron chi connectivity index (χ3n) is 6.36. The molecule has 0 unspecified atom stereocenters. The minimum Gasteiger partial charge on any atom is -0.481 e. The number of pyridine rings is 2. The van der Waals surface area contributed by atoms with Crippen molar-refractivity contribution in [2.24, 2.45) is 7.05 Å². The Morgan fingerprint density at radius 2 is 1.68 bits per heavy atom. The Balaban J connectivity index is 0.000000576. The number of fused-ring (bicyclic) bond motifs is 2. The Bertz CT molecular complexity index is 1970. The molecule has 0 spiro atoms. The number of carbonyl (C=O) groups is 1. The van der Waals surface area contributed by atoms with Crippen LogP contribution in [0.4, 0.5) is 0 Å². The fraction of sp³-hybridized carbons (Fsp3) is 0.206. The van der Waals surface area contributed by atoms with Crippen molar-refractivity contribution in [2.45, 2.75) is 39.7 Å². The van der Waals surface area contributed by atoms with Crippen LogP contribution in [-0.4, -0.2) is 46.3 Å². The number of aryl methyl sites for hydroxylation is 2. The summed E-state index contributed by atoms with van der Waals surface area (Å²) in [6.45, 7) is 7.16. The van der Waals surface area contributed by atoms with E-state index in [1.165, 1.54) is 0 Å². The summed E-state index contributed by atoms with van der Waals surface area (Å²) >= 11 is 7.68. The van der Waals surface area contributed by atoms with E-state index >= 15 is 0 Å². The topological polar surface area (TPSA) is 114 Å². The van der Waals surface area contributed by atoms with Gasteiger partial charge < -0.3 is 14.8 Å². The van der Waals surface area contributed by atoms with Crippen LogP contribution < -0.4 is 0 Å². The lowest BCUT2D eigenvalue weighted by Crippen LogP contribution is -2.10. The second-order valence-electron chi connectivity index (χ2n) is 11.0. The van der Waals surface area contributed by atoms with E-state index in [1.54, 1.807) is 50.8 Å². The summed E-state index contributed by atoms with van der Waals surface area (Å²) in [5.41, 5.74) is 8.02. The maximum absolute atomic E-state index is 11.7. The predicted octanol–water partition coefficient (Wildman–Crippen LogP) is 7.59. The number of thiazole rings is 1. The monoisotopic (exact) mass is 625 g/mol. The number of carboxylic acids is 1. The molecule has 0 aliphatic carbocycles. The molecule has 0 fully saturated rings. The molecule has 8 nitrogen and oxygen atoms in total. The average molecular weight is 626 g/mol. The van der Waals surface area contributed by atoms with Crippen LogP contribution >= 0.6 is 22.9 Å². The van der Waals surface area contributed by atoms with Gasteiger partial charge in [-0.3, -0.25) is 9.78 Å². The Hall–Kier alpha value is -4.62. The van der Waals surface area contributed by atoms with E-state index in [9.17, 15) is 9.90 Å². The van der Waals surface area contributed by atoms with Gasteiger partial charge in [-0.15, -0.1) is 24.2 Å². The number of nitrogens with zero attached hydrogens (tertiary/aromatic N) is 5. The van der Waals surface area contributed by atoms with Gasteiger partial charge in [0.05, 0.1) is 39.8 Å². The number of rotatable bonds is 5. The number of terminal acetylenes is 1. The number of benzene rings is 2. The number of carboxylic acid groups (broad SMARTS) is 1. The molecule has 6 rings (SSSR count). The molecule has 0 saturated heterocycles. The van der Waals surface area contributed by atoms with Crippen LogP contribution in [0.3, 0.4) is 0 Å². The maximum atomic E-state index is 11.7. The number of aliphatic hydroxyl groups is 1. The standard InChI is InChI=1S/C28H20ClN5O2S.C4H10O.C2H2/c1-15-9-22-26(25(20(15)12-24(35)36)16-3-5-19(29)6-4-16)37-28(33-22)17-7-8-30-21(10-17)18-11-23-27(31-13-18)32-14-34(23)2;1-4(2,3)5;1-2/h3-11,13-14H,12H2,1-2H3,(H,35,36);5H,1-3H3;1-2H. The molecular weight excluding hydrogens is 594 g/mol. The smallest absolute Gasteiger partial charge is 0.307 e. The number of imidazole rings is 1. The van der Waals surface area contributed by atoms with E-state index in [0.717, 1.165) is 59.8 Å². The summed E-state index contributed by atoms with van der Waals surface area (Å²) in [5.74, 6) is -0.875. The van der Waals surface area contributed by atoms with Gasteiger partial charge in [-0.25, -0.2) is 15.0 Å². The molecule has 2 aromatic carbocycles. The second-order valence-corrected chi connectivity index (χ2v) is 12.4. The molecule has 6 aromatic rings. The molecule has 4 aromatic heterocycles. The van der Waals surface area contributed by atoms with Crippen LogP contribution in [-0.2, 0) is 18.3 Å². The van der Waals surface area contributed by atoms with Crippen molar-refractivity contribution < 1.29 is 15.0 Å². The molecule has 0 radical (unpaired) electrons. The predicted molar refractivity (Wildman–Crippen MR) is 179 cm³/mol. The number of halogens is 1. The van der Waals surface area contributed by atoms with Crippen molar-refractivity contribution >= 4 is 50.3 Å². The van der Waals surface area contributed by atoms with Crippen LogP contribution in [0.5, 0.6) is 0 Å². The van der Waals surface area contributed by atoms with Gasteiger partial charge in [0.25, 0.3) is 0 Å². The lowest BCUT2D eigenvalue weighted by Gasteiger charge is -2.13. The summed E-state index contributed by atoms with van der Waals surface area (Å²) in [7, 11) is 1.94. The summed E-state index contributed by atoms with van der Waals surface area (Å²) < 4.78 is 2.87. The number of aromatic nitrogens is 5. The third kappa shape index (κ3) is 7.47. The first kappa shape index (κ1) is 32.3. The fourth-order valence-electron chi connectivity index (χ4n) is 4.53. The van der Waals surface area contributed by atoms with E-state index < -0.39 is 11.6 Å². The SMILES string of the molecule is C#C.CC(C)(C)O.Cc1cc2nc(-c3ccnc(-c4cnc5ncn(C)c5c4)c3)sc2c(-c2ccc(Cl)cc2)c1CC(=O)O. The first-order valence-electron chi connectivity index (χ1n) is 13.6. The minimum atomic E-state index is -0.875. The van der Waals surface area contributed by atoms with Crippen LogP contribution in [0.2, 0.25) is 5.02 Å². The number of hydrogen-bond donors (Lipinski definition) is 2. The zero-order valence-electron chi connectivity index (χ0n) is 25.0. The average Bonchev–Trinajstić information content (AvgIpc) is 3.57. The van der Waals surface area contributed by atoms with Gasteiger partial charge in [-0.05, 0) is 80.8 Å². The van der Waals surface area contributed by atoms with Crippen molar-refractivity contribution in [2.75, 3.05) is 0 Å². The van der Waals surface area contributed by atoms with Gasteiger partial charge in [-0.2, -0.15) is 0 Å². The lowest BCUT2D eigenvalue weighted by molar-refractivity contribution is -0.136. The van der Waals surface area contributed by atoms with Crippen LogP contribution in [0.15, 0.2) is 67.3 Å². The van der Waals surface area contributed by atoms with Crippen molar-refractivity contribution in [3.63, 3.8) is 0 Å². The molecule has 10 heteroatoms. The zero-order chi connectivity index (χ0) is 32.2. The Morgan fingerprint density at radius 3 is 2.34 bits per heavy atom. The van der Waals surface area contributed by atoms with E-state index in [2.05, 4.69) is 27.8 Å². The lowest BCUT2D eigenvalue weighted by atomic mass is 9.93. The second kappa shape index (κ2) is 13.3. The first-order chi connectivity index (χ1) is 20.9. The summed E-state index contributed by atoms with van der Waals surface area (Å²) in [6.07, 6.45) is 13.2. The highest BCUT2D eigenvalue weighted by Gasteiger charge is 2.20. The molecule has 0 bridgehead atoms. The number of hydrogen-bond acceptors (Lipinski definition) is 7. The molecule has 224 valence electrons. The van der Waals surface area contributed by atoms with Gasteiger partial charge >= 0.3 is 5.97 Å². The molecule has 0 aliphatic rings. The van der Waals surface area contributed by atoms with Crippen LogP contribution in [0, 0.1) is 19.8 Å². The minimum absolute atomic E-state index is 0.0736. The molecule has 0 saturated carbocycles. The highest BCUT2D eigenvalue weighted by atomic mass is 35.5. The summed E-state index contributed by atoms with van der Waals surface area (Å²) in [4.78, 5) is 30.0. The van der Waals surface area contributed by atoms with Gasteiger partial charge in [0, 0.05) is 41.2 Å². The molecule has 2 N–H and O–H groups in total. The Kier molecular flexibility index (Phi) is 9.80. The molecular formula is C34H32ClN5O3S. The summed E-state index contributed by atoms with van der Waals surface area (Å²) in [5, 5.41) is 19.6. The van der Waals surface area contributed by atoms with E-state index in [1.807, 2.05) is 67.1 Å².